The Bertz CT molecular complexity index is 729. The van der Waals surface area contributed by atoms with Crippen LogP contribution in [-0.4, -0.2) is 18.8 Å². The van der Waals surface area contributed by atoms with Crippen LogP contribution in [0.5, 0.6) is 5.75 Å². The van der Waals surface area contributed by atoms with Crippen LogP contribution in [-0.2, 0) is 4.79 Å². The molecule has 112 valence electrons. The summed E-state index contributed by atoms with van der Waals surface area (Å²) in [6, 6.07) is 8.43. The van der Waals surface area contributed by atoms with E-state index in [0.29, 0.717) is 17.0 Å². The summed E-state index contributed by atoms with van der Waals surface area (Å²) in [4.78, 5) is 24.5. The Labute approximate surface area is 132 Å². The molecule has 0 radical (unpaired) electrons. The third-order valence-corrected chi connectivity index (χ3v) is 3.99. The Hall–Kier alpha value is -2.65. The first-order valence-corrected chi connectivity index (χ1v) is 7.42. The van der Waals surface area contributed by atoms with E-state index in [1.807, 2.05) is 5.38 Å². The van der Waals surface area contributed by atoms with Gasteiger partial charge in [0.25, 0.3) is 0 Å². The summed E-state index contributed by atoms with van der Waals surface area (Å²) in [7, 11) is 1.54. The molecule has 2 rings (SSSR count). The minimum Gasteiger partial charge on any atom is -0.497 e. The van der Waals surface area contributed by atoms with E-state index in [1.165, 1.54) is 11.3 Å². The SMILES string of the molecule is COc1ccc(NC(=O)C(C#N)C(=O)c2cscc2C)cc1. The van der Waals surface area contributed by atoms with Gasteiger partial charge in [0.1, 0.15) is 5.75 Å². The molecule has 0 fully saturated rings. The van der Waals surface area contributed by atoms with E-state index >= 15 is 0 Å². The maximum absolute atomic E-state index is 12.3. The first-order valence-electron chi connectivity index (χ1n) is 6.48. The second-order valence-corrected chi connectivity index (χ2v) is 5.36. The molecule has 1 aromatic carbocycles. The fourth-order valence-corrected chi connectivity index (χ4v) is 2.73. The molecule has 0 aliphatic heterocycles. The van der Waals surface area contributed by atoms with Crippen LogP contribution in [0.4, 0.5) is 5.69 Å². The number of ether oxygens (including phenoxy) is 1. The minimum absolute atomic E-state index is 0.418. The van der Waals surface area contributed by atoms with Gasteiger partial charge in [-0.3, -0.25) is 9.59 Å². The van der Waals surface area contributed by atoms with Gasteiger partial charge in [-0.2, -0.15) is 16.6 Å². The van der Waals surface area contributed by atoms with Gasteiger partial charge in [-0.15, -0.1) is 0 Å². The number of thiophene rings is 1. The molecule has 5 nitrogen and oxygen atoms in total. The average Bonchev–Trinajstić information content (AvgIpc) is 2.94. The van der Waals surface area contributed by atoms with Crippen molar-refractivity contribution < 1.29 is 14.3 Å². The lowest BCUT2D eigenvalue weighted by atomic mass is 9.98. The summed E-state index contributed by atoms with van der Waals surface area (Å²) in [6.07, 6.45) is 0. The molecule has 1 unspecified atom stereocenters. The highest BCUT2D eigenvalue weighted by Gasteiger charge is 2.28. The molecule has 1 atom stereocenters. The summed E-state index contributed by atoms with van der Waals surface area (Å²) in [5.41, 5.74) is 1.69. The number of rotatable bonds is 5. The van der Waals surface area contributed by atoms with Crippen LogP contribution >= 0.6 is 11.3 Å². The maximum Gasteiger partial charge on any atom is 0.249 e. The van der Waals surface area contributed by atoms with Crippen LogP contribution in [0.1, 0.15) is 15.9 Å². The highest BCUT2D eigenvalue weighted by atomic mass is 32.1. The van der Waals surface area contributed by atoms with Crippen LogP contribution in [0, 0.1) is 24.2 Å². The topological polar surface area (TPSA) is 79.2 Å². The van der Waals surface area contributed by atoms with Crippen LogP contribution in [0.25, 0.3) is 0 Å². The smallest absolute Gasteiger partial charge is 0.249 e. The molecular formula is C16H14N2O3S. The van der Waals surface area contributed by atoms with Crippen molar-refractivity contribution in [3.63, 3.8) is 0 Å². The quantitative estimate of drug-likeness (QED) is 0.679. The van der Waals surface area contributed by atoms with Crippen molar-refractivity contribution in [1.29, 1.82) is 5.26 Å². The van der Waals surface area contributed by atoms with Crippen molar-refractivity contribution >= 4 is 28.7 Å². The third kappa shape index (κ3) is 3.32. The standard InChI is InChI=1S/C16H14N2O3S/c1-10-8-22-9-14(10)15(19)13(7-17)16(20)18-11-3-5-12(21-2)6-4-11/h3-6,8-9,13H,1-2H3,(H,18,20). The van der Waals surface area contributed by atoms with Crippen molar-refractivity contribution in [2.24, 2.45) is 5.92 Å². The van der Waals surface area contributed by atoms with Gasteiger partial charge in [0, 0.05) is 16.6 Å². The molecule has 0 saturated carbocycles. The molecule has 1 amide bonds. The number of carbonyl (C=O) groups excluding carboxylic acids is 2. The lowest BCUT2D eigenvalue weighted by molar-refractivity contribution is -0.117. The largest absolute Gasteiger partial charge is 0.497 e. The predicted octanol–water partition coefficient (Wildman–Crippen LogP) is 3.03. The molecular weight excluding hydrogens is 300 g/mol. The van der Waals surface area contributed by atoms with Crippen molar-refractivity contribution in [1.82, 2.24) is 0 Å². The number of carbonyl (C=O) groups is 2. The van der Waals surface area contributed by atoms with Crippen LogP contribution < -0.4 is 10.1 Å². The van der Waals surface area contributed by atoms with Gasteiger partial charge in [-0.05, 0) is 42.1 Å². The van der Waals surface area contributed by atoms with E-state index in [2.05, 4.69) is 5.32 Å². The lowest BCUT2D eigenvalue weighted by Crippen LogP contribution is -2.28. The molecule has 2 aromatic rings. The molecule has 22 heavy (non-hydrogen) atoms. The number of ketones is 1. The van der Waals surface area contributed by atoms with E-state index in [4.69, 9.17) is 10.00 Å². The lowest BCUT2D eigenvalue weighted by Gasteiger charge is -2.10. The van der Waals surface area contributed by atoms with Crippen molar-refractivity contribution in [2.45, 2.75) is 6.92 Å². The Morgan fingerprint density at radius 3 is 2.45 bits per heavy atom. The first-order chi connectivity index (χ1) is 10.6. The van der Waals surface area contributed by atoms with Crippen LogP contribution in [0.15, 0.2) is 35.0 Å². The molecule has 6 heteroatoms. The van der Waals surface area contributed by atoms with Gasteiger partial charge in [-0.1, -0.05) is 0 Å². The van der Waals surface area contributed by atoms with E-state index in [0.717, 1.165) is 5.56 Å². The van der Waals surface area contributed by atoms with Crippen LogP contribution in [0.2, 0.25) is 0 Å². The molecule has 0 aliphatic rings. The van der Waals surface area contributed by atoms with Crippen molar-refractivity contribution in [3.8, 4) is 11.8 Å². The molecule has 0 spiro atoms. The maximum atomic E-state index is 12.3. The molecule has 1 heterocycles. The number of hydrogen-bond donors (Lipinski definition) is 1. The van der Waals surface area contributed by atoms with E-state index < -0.39 is 17.6 Å². The highest BCUT2D eigenvalue weighted by Crippen LogP contribution is 2.20. The number of nitrogens with zero attached hydrogens (tertiary/aromatic N) is 1. The van der Waals surface area contributed by atoms with E-state index in [1.54, 1.807) is 49.7 Å². The number of nitrogens with one attached hydrogen (secondary N) is 1. The summed E-state index contributed by atoms with van der Waals surface area (Å²) in [5, 5.41) is 15.2. The monoisotopic (exact) mass is 314 g/mol. The zero-order valence-electron chi connectivity index (χ0n) is 12.1. The average molecular weight is 314 g/mol. The number of hydrogen-bond acceptors (Lipinski definition) is 5. The van der Waals surface area contributed by atoms with Gasteiger partial charge < -0.3 is 10.1 Å². The number of aryl methyl sites for hydroxylation is 1. The van der Waals surface area contributed by atoms with Gasteiger partial charge in [0.05, 0.1) is 13.2 Å². The first kappa shape index (κ1) is 15.7. The number of amides is 1. The van der Waals surface area contributed by atoms with Crippen LogP contribution in [0.3, 0.4) is 0 Å². The van der Waals surface area contributed by atoms with Crippen molar-refractivity contribution in [3.05, 3.63) is 46.2 Å². The summed E-state index contributed by atoms with van der Waals surface area (Å²) in [5.74, 6) is -1.83. The van der Waals surface area contributed by atoms with Gasteiger partial charge in [-0.25, -0.2) is 0 Å². The normalized spacial score (nSPS) is 11.3. The zero-order chi connectivity index (χ0) is 16.1. The molecule has 0 bridgehead atoms. The van der Waals surface area contributed by atoms with E-state index in [-0.39, 0.29) is 0 Å². The van der Waals surface area contributed by atoms with Crippen molar-refractivity contribution in [2.75, 3.05) is 12.4 Å². The second-order valence-electron chi connectivity index (χ2n) is 4.61. The highest BCUT2D eigenvalue weighted by molar-refractivity contribution is 7.08. The third-order valence-electron chi connectivity index (χ3n) is 3.13. The van der Waals surface area contributed by atoms with Gasteiger partial charge in [0.15, 0.2) is 11.7 Å². The Balaban J connectivity index is 2.13. The zero-order valence-corrected chi connectivity index (χ0v) is 12.9. The number of anilines is 1. The number of nitriles is 1. The Kier molecular flexibility index (Phi) is 4.92. The fraction of sp³-hybridized carbons (Fsp3) is 0.188. The Morgan fingerprint density at radius 1 is 1.27 bits per heavy atom. The fourth-order valence-electron chi connectivity index (χ4n) is 1.89. The number of methoxy groups -OCH3 is 1. The summed E-state index contributed by atoms with van der Waals surface area (Å²) in [6.45, 7) is 1.78. The molecule has 1 aromatic heterocycles. The van der Waals surface area contributed by atoms with E-state index in [9.17, 15) is 9.59 Å². The molecule has 0 aliphatic carbocycles. The van der Waals surface area contributed by atoms with Gasteiger partial charge >= 0.3 is 0 Å². The Morgan fingerprint density at radius 2 is 1.95 bits per heavy atom. The molecule has 1 N–H and O–H groups in total. The predicted molar refractivity (Wildman–Crippen MR) is 84.1 cm³/mol. The summed E-state index contributed by atoms with van der Waals surface area (Å²) < 4.78 is 5.03. The molecule has 0 saturated heterocycles. The minimum atomic E-state index is -1.37. The van der Waals surface area contributed by atoms with Gasteiger partial charge in [0.2, 0.25) is 5.91 Å². The summed E-state index contributed by atoms with van der Waals surface area (Å²) >= 11 is 1.37. The number of benzene rings is 1. The number of Topliss-reactive ketones (excluding diaryl/α,β-unsaturated/α-hetero) is 1. The second kappa shape index (κ2) is 6.87.